The van der Waals surface area contributed by atoms with Gasteiger partial charge in [0, 0.05) is 13.0 Å². The second-order valence-electron chi connectivity index (χ2n) is 3.48. The summed E-state index contributed by atoms with van der Waals surface area (Å²) in [6, 6.07) is 0. The third-order valence-corrected chi connectivity index (χ3v) is 2.31. The van der Waals surface area contributed by atoms with E-state index in [1.54, 1.807) is 0 Å². The summed E-state index contributed by atoms with van der Waals surface area (Å²) in [6.45, 7) is 5.45. The number of carbonyl (C=O) groups excluding carboxylic acids is 1. The number of carbonyl (C=O) groups is 1. The van der Waals surface area contributed by atoms with Crippen LogP contribution < -0.4 is 5.32 Å². The number of esters is 1. The molecule has 0 aromatic carbocycles. The van der Waals surface area contributed by atoms with Crippen molar-refractivity contribution in [3.63, 3.8) is 0 Å². The molecule has 1 N–H and O–H groups in total. The molecular weight excluding hydrogens is 182 g/mol. The summed E-state index contributed by atoms with van der Waals surface area (Å²) < 4.78 is 10.1. The van der Waals surface area contributed by atoms with Gasteiger partial charge in [0.1, 0.15) is 6.61 Å². The van der Waals surface area contributed by atoms with E-state index in [0.29, 0.717) is 32.2 Å². The highest BCUT2D eigenvalue weighted by Gasteiger charge is 2.18. The first-order valence-corrected chi connectivity index (χ1v) is 5.27. The molecule has 1 atom stereocenters. The molecule has 0 radical (unpaired) electrons. The lowest BCUT2D eigenvalue weighted by atomic mass is 10.1. The number of rotatable bonds is 6. The van der Waals surface area contributed by atoms with E-state index in [1.165, 1.54) is 0 Å². The van der Waals surface area contributed by atoms with Crippen LogP contribution in [0.25, 0.3) is 0 Å². The van der Waals surface area contributed by atoms with Gasteiger partial charge in [-0.15, -0.1) is 0 Å². The first-order valence-electron chi connectivity index (χ1n) is 5.27. The summed E-state index contributed by atoms with van der Waals surface area (Å²) in [6.07, 6.45) is 1.62. The third kappa shape index (κ3) is 4.58. The Bertz CT molecular complexity index is 167. The van der Waals surface area contributed by atoms with Gasteiger partial charge in [-0.1, -0.05) is 0 Å². The summed E-state index contributed by atoms with van der Waals surface area (Å²) in [5, 5.41) is 3.22. The van der Waals surface area contributed by atoms with Crippen LogP contribution in [0.1, 0.15) is 19.8 Å². The Labute approximate surface area is 85.0 Å². The van der Waals surface area contributed by atoms with Crippen molar-refractivity contribution in [3.8, 4) is 0 Å². The van der Waals surface area contributed by atoms with Crippen LogP contribution in [-0.4, -0.2) is 38.9 Å². The summed E-state index contributed by atoms with van der Waals surface area (Å²) in [5.41, 5.74) is 0. The van der Waals surface area contributed by atoms with E-state index in [1.807, 2.05) is 6.92 Å². The van der Waals surface area contributed by atoms with Crippen molar-refractivity contribution in [3.05, 3.63) is 0 Å². The molecule has 0 saturated carbocycles. The molecular formula is C10H19NO3. The molecule has 1 heterocycles. The fourth-order valence-electron chi connectivity index (χ4n) is 1.54. The maximum absolute atomic E-state index is 11.3. The Hall–Kier alpha value is -0.610. The standard InChI is InChI=1S/C10H19NO3/c1-2-13-5-6-14-10(12)7-9-3-4-11-8-9/h9,11H,2-8H2,1H3. The molecule has 82 valence electrons. The number of hydrogen-bond donors (Lipinski definition) is 1. The Balaban J connectivity index is 1.98. The predicted octanol–water partition coefficient (Wildman–Crippen LogP) is 0.566. The molecule has 1 fully saturated rings. The molecule has 0 aliphatic carbocycles. The summed E-state index contributed by atoms with van der Waals surface area (Å²) in [7, 11) is 0. The van der Waals surface area contributed by atoms with Gasteiger partial charge in [-0.2, -0.15) is 0 Å². The molecule has 1 aliphatic heterocycles. The molecule has 1 unspecified atom stereocenters. The van der Waals surface area contributed by atoms with Gasteiger partial charge in [-0.05, 0) is 32.4 Å². The zero-order valence-electron chi connectivity index (χ0n) is 8.75. The van der Waals surface area contributed by atoms with Gasteiger partial charge in [0.05, 0.1) is 6.61 Å². The maximum Gasteiger partial charge on any atom is 0.306 e. The predicted molar refractivity (Wildman–Crippen MR) is 53.0 cm³/mol. The van der Waals surface area contributed by atoms with Crippen LogP contribution in [0.4, 0.5) is 0 Å². The minimum absolute atomic E-state index is 0.0987. The fraction of sp³-hybridized carbons (Fsp3) is 0.900. The van der Waals surface area contributed by atoms with E-state index in [-0.39, 0.29) is 5.97 Å². The topological polar surface area (TPSA) is 47.6 Å². The number of nitrogens with one attached hydrogen (secondary N) is 1. The fourth-order valence-corrected chi connectivity index (χ4v) is 1.54. The quantitative estimate of drug-likeness (QED) is 0.504. The third-order valence-electron chi connectivity index (χ3n) is 2.31. The minimum atomic E-state index is -0.0987. The monoisotopic (exact) mass is 201 g/mol. The Morgan fingerprint density at radius 3 is 3.00 bits per heavy atom. The number of ether oxygens (including phenoxy) is 2. The molecule has 14 heavy (non-hydrogen) atoms. The zero-order valence-corrected chi connectivity index (χ0v) is 8.75. The van der Waals surface area contributed by atoms with E-state index >= 15 is 0 Å². The lowest BCUT2D eigenvalue weighted by Gasteiger charge is -2.08. The van der Waals surface area contributed by atoms with Crippen LogP contribution in [0.5, 0.6) is 0 Å². The normalized spacial score (nSPS) is 21.1. The van der Waals surface area contributed by atoms with Crippen molar-refractivity contribution in [2.24, 2.45) is 5.92 Å². The molecule has 1 aliphatic rings. The minimum Gasteiger partial charge on any atom is -0.463 e. The van der Waals surface area contributed by atoms with E-state index in [4.69, 9.17) is 9.47 Å². The highest BCUT2D eigenvalue weighted by atomic mass is 16.6. The van der Waals surface area contributed by atoms with Crippen molar-refractivity contribution < 1.29 is 14.3 Å². The average Bonchev–Trinajstić information content (AvgIpc) is 2.65. The van der Waals surface area contributed by atoms with Crippen LogP contribution in [0.15, 0.2) is 0 Å². The van der Waals surface area contributed by atoms with Crippen molar-refractivity contribution >= 4 is 5.97 Å². The Kier molecular flexibility index (Phi) is 5.56. The van der Waals surface area contributed by atoms with Gasteiger partial charge in [0.15, 0.2) is 0 Å². The molecule has 0 spiro atoms. The number of hydrogen-bond acceptors (Lipinski definition) is 4. The Morgan fingerprint density at radius 1 is 1.50 bits per heavy atom. The maximum atomic E-state index is 11.3. The van der Waals surface area contributed by atoms with Gasteiger partial charge in [0.25, 0.3) is 0 Å². The molecule has 0 aromatic heterocycles. The molecule has 0 bridgehead atoms. The average molecular weight is 201 g/mol. The molecule has 1 saturated heterocycles. The van der Waals surface area contributed by atoms with Crippen LogP contribution in [0.2, 0.25) is 0 Å². The van der Waals surface area contributed by atoms with Crippen molar-refractivity contribution in [1.29, 1.82) is 0 Å². The van der Waals surface area contributed by atoms with Crippen LogP contribution in [0, 0.1) is 5.92 Å². The van der Waals surface area contributed by atoms with Gasteiger partial charge in [-0.25, -0.2) is 0 Å². The van der Waals surface area contributed by atoms with Crippen molar-refractivity contribution in [2.75, 3.05) is 32.9 Å². The highest BCUT2D eigenvalue weighted by molar-refractivity contribution is 5.69. The van der Waals surface area contributed by atoms with E-state index < -0.39 is 0 Å². The lowest BCUT2D eigenvalue weighted by Crippen LogP contribution is -2.16. The summed E-state index contributed by atoms with van der Waals surface area (Å²) in [4.78, 5) is 11.3. The van der Waals surface area contributed by atoms with E-state index in [2.05, 4.69) is 5.32 Å². The summed E-state index contributed by atoms with van der Waals surface area (Å²) >= 11 is 0. The van der Waals surface area contributed by atoms with E-state index in [9.17, 15) is 4.79 Å². The molecule has 1 rings (SSSR count). The first-order chi connectivity index (χ1) is 6.83. The van der Waals surface area contributed by atoms with Gasteiger partial charge in [0.2, 0.25) is 0 Å². The van der Waals surface area contributed by atoms with Crippen LogP contribution in [-0.2, 0) is 14.3 Å². The molecule has 4 heteroatoms. The van der Waals surface area contributed by atoms with Crippen molar-refractivity contribution in [2.45, 2.75) is 19.8 Å². The smallest absolute Gasteiger partial charge is 0.306 e. The van der Waals surface area contributed by atoms with Crippen LogP contribution in [0.3, 0.4) is 0 Å². The lowest BCUT2D eigenvalue weighted by molar-refractivity contribution is -0.146. The van der Waals surface area contributed by atoms with Gasteiger partial charge < -0.3 is 14.8 Å². The van der Waals surface area contributed by atoms with E-state index in [0.717, 1.165) is 19.5 Å². The SMILES string of the molecule is CCOCCOC(=O)CC1CCNC1. The summed E-state index contributed by atoms with van der Waals surface area (Å²) in [5.74, 6) is 0.369. The highest BCUT2D eigenvalue weighted by Crippen LogP contribution is 2.12. The van der Waals surface area contributed by atoms with Crippen LogP contribution >= 0.6 is 0 Å². The molecule has 4 nitrogen and oxygen atoms in total. The molecule has 0 aromatic rings. The Morgan fingerprint density at radius 2 is 2.36 bits per heavy atom. The van der Waals surface area contributed by atoms with Gasteiger partial charge >= 0.3 is 5.97 Å². The zero-order chi connectivity index (χ0) is 10.2. The van der Waals surface area contributed by atoms with Crippen molar-refractivity contribution in [1.82, 2.24) is 5.32 Å². The second-order valence-corrected chi connectivity index (χ2v) is 3.48. The second kappa shape index (κ2) is 6.79. The van der Waals surface area contributed by atoms with Gasteiger partial charge in [-0.3, -0.25) is 4.79 Å². The first kappa shape index (κ1) is 11.5. The molecule has 0 amide bonds. The largest absolute Gasteiger partial charge is 0.463 e.